The summed E-state index contributed by atoms with van der Waals surface area (Å²) in [6, 6.07) is 0. The van der Waals surface area contributed by atoms with Crippen molar-refractivity contribution >= 4 is 0 Å². The zero-order chi connectivity index (χ0) is 7.19. The first-order valence-corrected chi connectivity index (χ1v) is 4.35. The molecule has 1 nitrogen and oxygen atoms in total. The van der Waals surface area contributed by atoms with E-state index in [2.05, 4.69) is 6.92 Å². The van der Waals surface area contributed by atoms with Crippen molar-refractivity contribution in [3.63, 3.8) is 0 Å². The van der Waals surface area contributed by atoms with Crippen LogP contribution in [0.5, 0.6) is 0 Å². The van der Waals surface area contributed by atoms with Crippen molar-refractivity contribution in [2.24, 2.45) is 11.3 Å². The lowest BCUT2D eigenvalue weighted by atomic mass is 9.97. The average Bonchev–Trinajstić information content (AvgIpc) is 2.84. The molecule has 10 heavy (non-hydrogen) atoms. The summed E-state index contributed by atoms with van der Waals surface area (Å²) in [5.74, 6) is 0.933. The molecule has 0 saturated heterocycles. The monoisotopic (exact) mass is 140 g/mol. The second kappa shape index (κ2) is 1.97. The van der Waals surface area contributed by atoms with E-state index in [9.17, 15) is 0 Å². The van der Waals surface area contributed by atoms with Gasteiger partial charge in [0.1, 0.15) is 0 Å². The molecular formula is C9H16O. The molecule has 0 amide bonds. The lowest BCUT2D eigenvalue weighted by Gasteiger charge is -2.09. The first-order valence-electron chi connectivity index (χ1n) is 4.35. The van der Waals surface area contributed by atoms with Crippen LogP contribution in [0.2, 0.25) is 0 Å². The predicted octanol–water partition coefficient (Wildman–Crippen LogP) is 2.21. The van der Waals surface area contributed by atoms with E-state index in [-0.39, 0.29) is 0 Å². The van der Waals surface area contributed by atoms with Crippen molar-refractivity contribution in [2.75, 3.05) is 7.11 Å². The van der Waals surface area contributed by atoms with Gasteiger partial charge in [-0.2, -0.15) is 0 Å². The Hall–Kier alpha value is -0.0400. The summed E-state index contributed by atoms with van der Waals surface area (Å²) in [7, 11) is 1.84. The minimum Gasteiger partial charge on any atom is -0.381 e. The highest BCUT2D eigenvalue weighted by Gasteiger charge is 2.58. The van der Waals surface area contributed by atoms with Crippen molar-refractivity contribution < 1.29 is 4.74 Å². The number of rotatable bonds is 3. The van der Waals surface area contributed by atoms with Crippen LogP contribution in [0.1, 0.15) is 32.6 Å². The molecule has 2 aliphatic carbocycles. The molecule has 58 valence electrons. The average molecular weight is 140 g/mol. The third-order valence-corrected chi connectivity index (χ3v) is 3.42. The fourth-order valence-electron chi connectivity index (χ4n) is 2.22. The van der Waals surface area contributed by atoms with E-state index in [0.717, 1.165) is 11.3 Å². The van der Waals surface area contributed by atoms with E-state index in [1.165, 1.54) is 25.7 Å². The fraction of sp³-hybridized carbons (Fsp3) is 1.00. The van der Waals surface area contributed by atoms with Crippen molar-refractivity contribution in [3.05, 3.63) is 0 Å². The maximum atomic E-state index is 5.30. The van der Waals surface area contributed by atoms with Gasteiger partial charge in [-0.1, -0.05) is 13.3 Å². The maximum Gasteiger partial charge on any atom is 0.0609 e. The zero-order valence-corrected chi connectivity index (χ0v) is 6.89. The summed E-state index contributed by atoms with van der Waals surface area (Å²) in [6.07, 6.45) is 6.27. The van der Waals surface area contributed by atoms with Crippen LogP contribution >= 0.6 is 0 Å². The molecule has 0 heterocycles. The van der Waals surface area contributed by atoms with Gasteiger partial charge in [-0.15, -0.1) is 0 Å². The van der Waals surface area contributed by atoms with Gasteiger partial charge in [0.15, 0.2) is 0 Å². The van der Waals surface area contributed by atoms with E-state index >= 15 is 0 Å². The van der Waals surface area contributed by atoms with Crippen LogP contribution in [0.15, 0.2) is 0 Å². The highest BCUT2D eigenvalue weighted by Crippen LogP contribution is 2.63. The van der Waals surface area contributed by atoms with E-state index in [1.54, 1.807) is 0 Å². The molecule has 2 rings (SSSR count). The lowest BCUT2D eigenvalue weighted by molar-refractivity contribution is 0.153. The molecule has 0 spiro atoms. The van der Waals surface area contributed by atoms with E-state index in [1.807, 2.05) is 7.11 Å². The van der Waals surface area contributed by atoms with Crippen LogP contribution in [0.4, 0.5) is 0 Å². The Morgan fingerprint density at radius 2 is 2.20 bits per heavy atom. The summed E-state index contributed by atoms with van der Waals surface area (Å²) in [4.78, 5) is 0. The van der Waals surface area contributed by atoms with E-state index in [0.29, 0.717) is 6.10 Å². The quantitative estimate of drug-likeness (QED) is 0.584. The smallest absolute Gasteiger partial charge is 0.0609 e. The van der Waals surface area contributed by atoms with Gasteiger partial charge in [0.25, 0.3) is 0 Å². The Morgan fingerprint density at radius 1 is 1.50 bits per heavy atom. The van der Waals surface area contributed by atoms with Crippen LogP contribution < -0.4 is 0 Å². The summed E-state index contributed by atoms with van der Waals surface area (Å²) in [6.45, 7) is 2.32. The molecule has 2 fully saturated rings. The molecule has 1 heteroatoms. The minimum absolute atomic E-state index is 0.627. The van der Waals surface area contributed by atoms with Gasteiger partial charge < -0.3 is 4.74 Å². The van der Waals surface area contributed by atoms with Crippen LogP contribution in [0.3, 0.4) is 0 Å². The van der Waals surface area contributed by atoms with Crippen molar-refractivity contribution in [1.82, 2.24) is 0 Å². The van der Waals surface area contributed by atoms with Crippen molar-refractivity contribution in [1.29, 1.82) is 0 Å². The standard InChI is InChI=1S/C9H16O/c1-3-9(4-5-9)7-6-8(7)10-2/h7-8H,3-6H2,1-2H3. The van der Waals surface area contributed by atoms with Crippen LogP contribution in [0, 0.1) is 11.3 Å². The zero-order valence-electron chi connectivity index (χ0n) is 6.89. The third-order valence-electron chi connectivity index (χ3n) is 3.42. The number of hydrogen-bond donors (Lipinski definition) is 0. The predicted molar refractivity (Wildman–Crippen MR) is 40.9 cm³/mol. The Kier molecular flexibility index (Phi) is 1.31. The van der Waals surface area contributed by atoms with Gasteiger partial charge >= 0.3 is 0 Å². The Bertz CT molecular complexity index is 138. The van der Waals surface area contributed by atoms with E-state index in [4.69, 9.17) is 4.74 Å². The Balaban J connectivity index is 1.90. The third kappa shape index (κ3) is 0.800. The van der Waals surface area contributed by atoms with Gasteiger partial charge in [-0.05, 0) is 30.6 Å². The fourth-order valence-corrected chi connectivity index (χ4v) is 2.22. The van der Waals surface area contributed by atoms with Gasteiger partial charge in [-0.25, -0.2) is 0 Å². The maximum absolute atomic E-state index is 5.30. The number of hydrogen-bond acceptors (Lipinski definition) is 1. The van der Waals surface area contributed by atoms with E-state index < -0.39 is 0 Å². The van der Waals surface area contributed by atoms with Gasteiger partial charge in [0, 0.05) is 7.11 Å². The van der Waals surface area contributed by atoms with Crippen LogP contribution in [-0.2, 0) is 4.74 Å². The molecular weight excluding hydrogens is 124 g/mol. The number of ether oxygens (including phenoxy) is 1. The molecule has 0 aromatic carbocycles. The van der Waals surface area contributed by atoms with Crippen molar-refractivity contribution in [2.45, 2.75) is 38.7 Å². The van der Waals surface area contributed by atoms with Crippen molar-refractivity contribution in [3.8, 4) is 0 Å². The molecule has 2 saturated carbocycles. The van der Waals surface area contributed by atoms with Crippen LogP contribution in [-0.4, -0.2) is 13.2 Å². The normalized spacial score (nSPS) is 41.4. The lowest BCUT2D eigenvalue weighted by Crippen LogP contribution is -2.05. The second-order valence-corrected chi connectivity index (χ2v) is 3.83. The van der Waals surface area contributed by atoms with Gasteiger partial charge in [0.2, 0.25) is 0 Å². The Morgan fingerprint density at radius 3 is 2.50 bits per heavy atom. The SMILES string of the molecule is CCC1(C2CC2OC)CC1. The molecule has 0 radical (unpaired) electrons. The summed E-state index contributed by atoms with van der Waals surface area (Å²) >= 11 is 0. The number of methoxy groups -OCH3 is 1. The topological polar surface area (TPSA) is 9.23 Å². The first-order chi connectivity index (χ1) is 4.82. The highest BCUT2D eigenvalue weighted by molar-refractivity contribution is 5.08. The molecule has 2 aliphatic rings. The molecule has 0 aliphatic heterocycles. The Labute approximate surface area is 62.8 Å². The molecule has 0 N–H and O–H groups in total. The van der Waals surface area contributed by atoms with Gasteiger partial charge in [-0.3, -0.25) is 0 Å². The molecule has 0 bridgehead atoms. The molecule has 0 aromatic heterocycles. The summed E-state index contributed by atoms with van der Waals surface area (Å²) in [5.41, 5.74) is 0.751. The second-order valence-electron chi connectivity index (χ2n) is 3.83. The highest BCUT2D eigenvalue weighted by atomic mass is 16.5. The molecule has 2 atom stereocenters. The summed E-state index contributed by atoms with van der Waals surface area (Å²) < 4.78 is 5.30. The summed E-state index contributed by atoms with van der Waals surface area (Å²) in [5, 5.41) is 0. The minimum atomic E-state index is 0.627. The molecule has 2 unspecified atom stereocenters. The van der Waals surface area contributed by atoms with Gasteiger partial charge in [0.05, 0.1) is 6.10 Å². The largest absolute Gasteiger partial charge is 0.381 e. The van der Waals surface area contributed by atoms with Crippen LogP contribution in [0.25, 0.3) is 0 Å². The first kappa shape index (κ1) is 6.66. The molecule has 0 aromatic rings.